The van der Waals surface area contributed by atoms with Crippen molar-refractivity contribution in [3.63, 3.8) is 0 Å². The molecule has 0 bridgehead atoms. The molecule has 0 saturated carbocycles. The molecule has 0 radical (unpaired) electrons. The van der Waals surface area contributed by atoms with Crippen molar-refractivity contribution >= 4 is 22.8 Å². The van der Waals surface area contributed by atoms with Gasteiger partial charge in [-0.15, -0.1) is 0 Å². The van der Waals surface area contributed by atoms with E-state index in [2.05, 4.69) is 10.4 Å². The molecule has 6 nitrogen and oxygen atoms in total. The SMILES string of the molecule is CC(CNC(=O)Cc1nn(C)c2ccccc12)CC(=O)O. The number of carbonyl (C=O) groups excluding carboxylic acids is 1. The molecule has 1 unspecified atom stereocenters. The first-order valence-electron chi connectivity index (χ1n) is 6.86. The number of amides is 1. The molecule has 0 fully saturated rings. The molecule has 0 aliphatic heterocycles. The summed E-state index contributed by atoms with van der Waals surface area (Å²) in [6.07, 6.45) is 0.244. The summed E-state index contributed by atoms with van der Waals surface area (Å²) in [5.41, 5.74) is 1.72. The second-order valence-electron chi connectivity index (χ2n) is 5.27. The Morgan fingerprint density at radius 2 is 2.10 bits per heavy atom. The highest BCUT2D eigenvalue weighted by Crippen LogP contribution is 2.17. The summed E-state index contributed by atoms with van der Waals surface area (Å²) < 4.78 is 1.75. The number of carboxylic acids is 1. The van der Waals surface area contributed by atoms with Crippen LogP contribution in [0.3, 0.4) is 0 Å². The quantitative estimate of drug-likeness (QED) is 0.840. The fraction of sp³-hybridized carbons (Fsp3) is 0.400. The van der Waals surface area contributed by atoms with Gasteiger partial charge in [-0.1, -0.05) is 25.1 Å². The monoisotopic (exact) mass is 289 g/mol. The third kappa shape index (κ3) is 3.81. The Morgan fingerprint density at radius 3 is 2.81 bits per heavy atom. The van der Waals surface area contributed by atoms with E-state index in [1.807, 2.05) is 31.3 Å². The lowest BCUT2D eigenvalue weighted by Gasteiger charge is -2.09. The van der Waals surface area contributed by atoms with E-state index in [1.165, 1.54) is 0 Å². The number of carboxylic acid groups (broad SMARTS) is 1. The van der Waals surface area contributed by atoms with Gasteiger partial charge in [0.05, 0.1) is 17.6 Å². The van der Waals surface area contributed by atoms with Gasteiger partial charge in [-0.3, -0.25) is 14.3 Å². The molecule has 0 saturated heterocycles. The first-order chi connectivity index (χ1) is 9.97. The number of aryl methyl sites for hydroxylation is 1. The normalized spacial score (nSPS) is 12.3. The number of nitrogens with one attached hydrogen (secondary N) is 1. The van der Waals surface area contributed by atoms with E-state index in [-0.39, 0.29) is 24.7 Å². The molecule has 1 aromatic carbocycles. The summed E-state index contributed by atoms with van der Waals surface area (Å²) in [5.74, 6) is -1.09. The number of nitrogens with zero attached hydrogens (tertiary/aromatic N) is 2. The van der Waals surface area contributed by atoms with Crippen LogP contribution in [0.15, 0.2) is 24.3 Å². The van der Waals surface area contributed by atoms with E-state index < -0.39 is 5.97 Å². The lowest BCUT2D eigenvalue weighted by atomic mass is 10.1. The molecule has 2 rings (SSSR count). The maximum Gasteiger partial charge on any atom is 0.303 e. The highest BCUT2D eigenvalue weighted by molar-refractivity contribution is 5.87. The van der Waals surface area contributed by atoms with Crippen molar-refractivity contribution in [2.45, 2.75) is 19.8 Å². The van der Waals surface area contributed by atoms with Crippen molar-refractivity contribution in [1.82, 2.24) is 15.1 Å². The lowest BCUT2D eigenvalue weighted by Crippen LogP contribution is -2.30. The highest BCUT2D eigenvalue weighted by atomic mass is 16.4. The number of aromatic nitrogens is 2. The van der Waals surface area contributed by atoms with Gasteiger partial charge in [0.2, 0.25) is 5.91 Å². The molecule has 21 heavy (non-hydrogen) atoms. The summed E-state index contributed by atoms with van der Waals surface area (Å²) in [6.45, 7) is 2.15. The van der Waals surface area contributed by atoms with Crippen LogP contribution < -0.4 is 5.32 Å². The molecule has 0 aliphatic carbocycles. The standard InChI is InChI=1S/C15H19N3O3/c1-10(7-15(20)21)9-16-14(19)8-12-11-5-3-4-6-13(11)18(2)17-12/h3-6,10H,7-9H2,1-2H3,(H,16,19)(H,20,21). The van der Waals surface area contributed by atoms with Gasteiger partial charge in [0, 0.05) is 25.4 Å². The first kappa shape index (κ1) is 15.0. The van der Waals surface area contributed by atoms with Crippen molar-refractivity contribution < 1.29 is 14.7 Å². The maximum atomic E-state index is 11.9. The van der Waals surface area contributed by atoms with Crippen LogP contribution in [-0.4, -0.2) is 33.3 Å². The Kier molecular flexibility index (Phi) is 4.57. The van der Waals surface area contributed by atoms with Crippen molar-refractivity contribution in [3.8, 4) is 0 Å². The first-order valence-corrected chi connectivity index (χ1v) is 6.86. The fourth-order valence-electron chi connectivity index (χ4n) is 2.29. The van der Waals surface area contributed by atoms with E-state index in [9.17, 15) is 9.59 Å². The second kappa shape index (κ2) is 6.39. The number of hydrogen-bond acceptors (Lipinski definition) is 3. The number of fused-ring (bicyclic) bond motifs is 1. The number of aliphatic carboxylic acids is 1. The van der Waals surface area contributed by atoms with Crippen LogP contribution in [-0.2, 0) is 23.1 Å². The van der Waals surface area contributed by atoms with Gasteiger partial charge in [-0.2, -0.15) is 5.10 Å². The largest absolute Gasteiger partial charge is 0.481 e. The summed E-state index contributed by atoms with van der Waals surface area (Å²) in [6, 6.07) is 7.75. The average molecular weight is 289 g/mol. The van der Waals surface area contributed by atoms with Gasteiger partial charge in [0.15, 0.2) is 0 Å². The number of para-hydroxylation sites is 1. The summed E-state index contributed by atoms with van der Waals surface area (Å²) in [5, 5.41) is 16.8. The van der Waals surface area contributed by atoms with Gasteiger partial charge >= 0.3 is 5.97 Å². The van der Waals surface area contributed by atoms with Gasteiger partial charge in [-0.25, -0.2) is 0 Å². The van der Waals surface area contributed by atoms with Crippen LogP contribution in [0.25, 0.3) is 10.9 Å². The molecule has 1 amide bonds. The zero-order valence-corrected chi connectivity index (χ0v) is 12.2. The molecule has 6 heteroatoms. The van der Waals surface area contributed by atoms with E-state index >= 15 is 0 Å². The van der Waals surface area contributed by atoms with Crippen LogP contribution in [0.2, 0.25) is 0 Å². The van der Waals surface area contributed by atoms with Crippen LogP contribution in [0.5, 0.6) is 0 Å². The Morgan fingerprint density at radius 1 is 1.38 bits per heavy atom. The zero-order chi connectivity index (χ0) is 15.4. The van der Waals surface area contributed by atoms with E-state index in [0.717, 1.165) is 16.6 Å². The molecule has 0 spiro atoms. The van der Waals surface area contributed by atoms with Crippen LogP contribution in [0.4, 0.5) is 0 Å². The minimum Gasteiger partial charge on any atom is -0.481 e. The van der Waals surface area contributed by atoms with Gasteiger partial charge in [0.25, 0.3) is 0 Å². The maximum absolute atomic E-state index is 11.9. The molecule has 1 atom stereocenters. The molecule has 1 aromatic heterocycles. The molecular weight excluding hydrogens is 270 g/mol. The Bertz CT molecular complexity index is 663. The van der Waals surface area contributed by atoms with Crippen molar-refractivity contribution in [2.75, 3.05) is 6.54 Å². The average Bonchev–Trinajstić information content (AvgIpc) is 2.73. The van der Waals surface area contributed by atoms with Crippen molar-refractivity contribution in [1.29, 1.82) is 0 Å². The third-order valence-electron chi connectivity index (χ3n) is 3.33. The van der Waals surface area contributed by atoms with Gasteiger partial charge in [0.1, 0.15) is 0 Å². The zero-order valence-electron chi connectivity index (χ0n) is 12.2. The summed E-state index contributed by atoms with van der Waals surface area (Å²) >= 11 is 0. The van der Waals surface area contributed by atoms with E-state index in [4.69, 9.17) is 5.11 Å². The molecule has 2 N–H and O–H groups in total. The minimum absolute atomic E-state index is 0.0484. The number of benzene rings is 1. The number of hydrogen-bond donors (Lipinski definition) is 2. The van der Waals surface area contributed by atoms with Crippen molar-refractivity contribution in [2.24, 2.45) is 13.0 Å². The predicted molar refractivity (Wildman–Crippen MR) is 78.8 cm³/mol. The second-order valence-corrected chi connectivity index (χ2v) is 5.27. The minimum atomic E-state index is -0.854. The lowest BCUT2D eigenvalue weighted by molar-refractivity contribution is -0.138. The summed E-state index contributed by atoms with van der Waals surface area (Å²) in [7, 11) is 1.85. The molecule has 2 aromatic rings. The van der Waals surface area contributed by atoms with Crippen LogP contribution >= 0.6 is 0 Å². The molecule has 0 aliphatic rings. The van der Waals surface area contributed by atoms with E-state index in [1.54, 1.807) is 11.6 Å². The molecular formula is C15H19N3O3. The Balaban J connectivity index is 1.97. The fourth-order valence-corrected chi connectivity index (χ4v) is 2.29. The van der Waals surface area contributed by atoms with E-state index in [0.29, 0.717) is 6.54 Å². The Labute approximate surface area is 122 Å². The molecule has 1 heterocycles. The van der Waals surface area contributed by atoms with Crippen LogP contribution in [0.1, 0.15) is 19.0 Å². The third-order valence-corrected chi connectivity index (χ3v) is 3.33. The number of carbonyl (C=O) groups is 2. The topological polar surface area (TPSA) is 84.2 Å². The summed E-state index contributed by atoms with van der Waals surface area (Å²) in [4.78, 5) is 22.5. The highest BCUT2D eigenvalue weighted by Gasteiger charge is 2.13. The van der Waals surface area contributed by atoms with Gasteiger partial charge < -0.3 is 10.4 Å². The van der Waals surface area contributed by atoms with Crippen molar-refractivity contribution in [3.05, 3.63) is 30.0 Å². The predicted octanol–water partition coefficient (Wildman–Crippen LogP) is 1.34. The Hall–Kier alpha value is -2.37. The molecule has 112 valence electrons. The number of rotatable bonds is 6. The smallest absolute Gasteiger partial charge is 0.303 e. The van der Waals surface area contributed by atoms with Gasteiger partial charge in [-0.05, 0) is 12.0 Å². The van der Waals surface area contributed by atoms with Crippen LogP contribution in [0, 0.1) is 5.92 Å².